The van der Waals surface area contributed by atoms with Gasteiger partial charge >= 0.3 is 5.97 Å². The summed E-state index contributed by atoms with van der Waals surface area (Å²) in [5.41, 5.74) is 2.22. The molecule has 0 aromatic heterocycles. The quantitative estimate of drug-likeness (QED) is 0.748. The van der Waals surface area contributed by atoms with E-state index in [0.29, 0.717) is 0 Å². The van der Waals surface area contributed by atoms with Gasteiger partial charge in [-0.3, -0.25) is 4.79 Å². The SMILES string of the molecule is CC1C(C#N)C(=O)OC1c1ccccc1.CC=Cc1ccccc1. The highest BCUT2D eigenvalue weighted by Gasteiger charge is 2.42. The molecule has 0 saturated carbocycles. The highest BCUT2D eigenvalue weighted by Crippen LogP contribution is 2.38. The van der Waals surface area contributed by atoms with Crippen LogP contribution in [0.4, 0.5) is 0 Å². The summed E-state index contributed by atoms with van der Waals surface area (Å²) >= 11 is 0. The van der Waals surface area contributed by atoms with Crippen LogP contribution in [0.2, 0.25) is 0 Å². The Balaban J connectivity index is 0.000000198. The van der Waals surface area contributed by atoms with Crippen molar-refractivity contribution in [2.45, 2.75) is 20.0 Å². The van der Waals surface area contributed by atoms with Gasteiger partial charge in [-0.15, -0.1) is 0 Å². The third-order valence-electron chi connectivity index (χ3n) is 3.93. The number of hydrogen-bond donors (Lipinski definition) is 0. The summed E-state index contributed by atoms with van der Waals surface area (Å²) in [6.07, 6.45) is 3.85. The molecule has 0 aliphatic carbocycles. The molecular formula is C21H21NO2. The van der Waals surface area contributed by atoms with Gasteiger partial charge in [0.25, 0.3) is 0 Å². The van der Waals surface area contributed by atoms with E-state index in [2.05, 4.69) is 18.2 Å². The molecule has 3 nitrogen and oxygen atoms in total. The molecule has 1 fully saturated rings. The van der Waals surface area contributed by atoms with E-state index in [1.807, 2.05) is 74.5 Å². The van der Waals surface area contributed by atoms with Crippen LogP contribution in [0.15, 0.2) is 66.7 Å². The van der Waals surface area contributed by atoms with E-state index < -0.39 is 11.9 Å². The Morgan fingerprint density at radius 1 is 1.04 bits per heavy atom. The number of cyclic esters (lactones) is 1. The maximum absolute atomic E-state index is 11.4. The van der Waals surface area contributed by atoms with E-state index in [0.717, 1.165) is 5.56 Å². The third-order valence-corrected chi connectivity index (χ3v) is 3.93. The predicted octanol–water partition coefficient (Wildman–Crippen LogP) is 4.78. The molecule has 0 bridgehead atoms. The highest BCUT2D eigenvalue weighted by atomic mass is 16.6. The second-order valence-corrected chi connectivity index (χ2v) is 5.64. The van der Waals surface area contributed by atoms with Gasteiger partial charge in [0.05, 0.1) is 6.07 Å². The van der Waals surface area contributed by atoms with Crippen LogP contribution in [0, 0.1) is 23.2 Å². The average Bonchev–Trinajstić information content (AvgIpc) is 2.91. The normalized spacial score (nSPS) is 22.4. The van der Waals surface area contributed by atoms with Crippen molar-refractivity contribution >= 4 is 12.0 Å². The Morgan fingerprint density at radius 3 is 2.12 bits per heavy atom. The van der Waals surface area contributed by atoms with E-state index in [-0.39, 0.29) is 12.0 Å². The van der Waals surface area contributed by atoms with Crippen molar-refractivity contribution in [2.75, 3.05) is 0 Å². The molecule has 3 unspecified atom stereocenters. The number of benzene rings is 2. The Hall–Kier alpha value is -2.86. The second-order valence-electron chi connectivity index (χ2n) is 5.64. The van der Waals surface area contributed by atoms with Crippen molar-refractivity contribution in [1.82, 2.24) is 0 Å². The molecular weight excluding hydrogens is 298 g/mol. The molecule has 0 spiro atoms. The van der Waals surface area contributed by atoms with Crippen LogP contribution in [0.3, 0.4) is 0 Å². The van der Waals surface area contributed by atoms with Gasteiger partial charge in [0.1, 0.15) is 6.10 Å². The maximum atomic E-state index is 11.4. The molecule has 24 heavy (non-hydrogen) atoms. The fourth-order valence-corrected chi connectivity index (χ4v) is 2.64. The van der Waals surface area contributed by atoms with Crippen LogP contribution in [0.25, 0.3) is 6.08 Å². The van der Waals surface area contributed by atoms with E-state index in [9.17, 15) is 4.79 Å². The Morgan fingerprint density at radius 2 is 1.62 bits per heavy atom. The van der Waals surface area contributed by atoms with Crippen molar-refractivity contribution in [1.29, 1.82) is 5.26 Å². The second kappa shape index (κ2) is 8.69. The van der Waals surface area contributed by atoms with Gasteiger partial charge in [0.2, 0.25) is 0 Å². The molecule has 2 aromatic rings. The van der Waals surface area contributed by atoms with Gasteiger partial charge in [-0.25, -0.2) is 0 Å². The lowest BCUT2D eigenvalue weighted by Gasteiger charge is -2.13. The van der Waals surface area contributed by atoms with Gasteiger partial charge in [-0.1, -0.05) is 79.7 Å². The standard InChI is InChI=1S/C12H11NO2.C9H10/c1-8-10(7-13)12(14)15-11(8)9-5-3-2-4-6-9;1-2-6-9-7-4-3-5-8-9/h2-6,8,10-11H,1H3;2-8H,1H3. The van der Waals surface area contributed by atoms with E-state index in [1.165, 1.54) is 5.56 Å². The Bertz CT molecular complexity index is 717. The van der Waals surface area contributed by atoms with Crippen LogP contribution in [0.1, 0.15) is 31.1 Å². The minimum atomic E-state index is -0.629. The van der Waals surface area contributed by atoms with Crippen molar-refractivity contribution in [3.8, 4) is 6.07 Å². The molecule has 1 aliphatic rings. The van der Waals surface area contributed by atoms with Crippen LogP contribution in [0.5, 0.6) is 0 Å². The van der Waals surface area contributed by atoms with E-state index >= 15 is 0 Å². The van der Waals surface area contributed by atoms with Crippen molar-refractivity contribution in [2.24, 2.45) is 11.8 Å². The summed E-state index contributed by atoms with van der Waals surface area (Å²) in [6, 6.07) is 21.8. The summed E-state index contributed by atoms with van der Waals surface area (Å²) in [5.74, 6) is -1.11. The fraction of sp³-hybridized carbons (Fsp3) is 0.238. The molecule has 3 rings (SSSR count). The first-order valence-electron chi connectivity index (χ1n) is 8.00. The molecule has 122 valence electrons. The van der Waals surface area contributed by atoms with Gasteiger partial charge < -0.3 is 4.74 Å². The number of nitriles is 1. The molecule has 1 aliphatic heterocycles. The third kappa shape index (κ3) is 4.33. The zero-order valence-corrected chi connectivity index (χ0v) is 13.9. The molecule has 3 heteroatoms. The first-order chi connectivity index (χ1) is 11.7. The number of esters is 1. The summed E-state index contributed by atoms with van der Waals surface area (Å²) in [4.78, 5) is 11.4. The maximum Gasteiger partial charge on any atom is 0.324 e. The molecule has 3 atom stereocenters. The molecule has 1 saturated heterocycles. The molecule has 0 N–H and O–H groups in total. The summed E-state index contributed by atoms with van der Waals surface area (Å²) < 4.78 is 5.20. The summed E-state index contributed by atoms with van der Waals surface area (Å²) in [7, 11) is 0. The Kier molecular flexibility index (Phi) is 6.33. The lowest BCUT2D eigenvalue weighted by Crippen LogP contribution is -2.11. The number of ether oxygens (including phenoxy) is 1. The average molecular weight is 319 g/mol. The first-order valence-corrected chi connectivity index (χ1v) is 8.00. The van der Waals surface area contributed by atoms with Crippen LogP contribution in [-0.4, -0.2) is 5.97 Å². The predicted molar refractivity (Wildman–Crippen MR) is 94.7 cm³/mol. The van der Waals surface area contributed by atoms with Gasteiger partial charge in [0.15, 0.2) is 5.92 Å². The van der Waals surface area contributed by atoms with Gasteiger partial charge in [-0.2, -0.15) is 5.26 Å². The number of hydrogen-bond acceptors (Lipinski definition) is 3. The molecule has 0 radical (unpaired) electrons. The summed E-state index contributed by atoms with van der Waals surface area (Å²) in [6.45, 7) is 3.89. The van der Waals surface area contributed by atoms with Crippen LogP contribution in [-0.2, 0) is 9.53 Å². The summed E-state index contributed by atoms with van der Waals surface area (Å²) in [5, 5.41) is 8.82. The lowest BCUT2D eigenvalue weighted by molar-refractivity contribution is -0.143. The van der Waals surface area contributed by atoms with E-state index in [1.54, 1.807) is 0 Å². The minimum absolute atomic E-state index is 0.0788. The number of carbonyl (C=O) groups is 1. The van der Waals surface area contributed by atoms with E-state index in [4.69, 9.17) is 10.00 Å². The number of allylic oxidation sites excluding steroid dienone is 1. The van der Waals surface area contributed by atoms with Crippen molar-refractivity contribution in [3.05, 3.63) is 77.9 Å². The fourth-order valence-electron chi connectivity index (χ4n) is 2.64. The minimum Gasteiger partial charge on any atom is -0.456 e. The molecule has 2 aromatic carbocycles. The zero-order chi connectivity index (χ0) is 17.4. The van der Waals surface area contributed by atoms with Crippen LogP contribution >= 0.6 is 0 Å². The van der Waals surface area contributed by atoms with Gasteiger partial charge in [-0.05, 0) is 18.1 Å². The zero-order valence-electron chi connectivity index (χ0n) is 13.9. The number of nitrogens with zero attached hydrogens (tertiary/aromatic N) is 1. The topological polar surface area (TPSA) is 50.1 Å². The monoisotopic (exact) mass is 319 g/mol. The molecule has 0 amide bonds. The largest absolute Gasteiger partial charge is 0.456 e. The van der Waals surface area contributed by atoms with Crippen molar-refractivity contribution < 1.29 is 9.53 Å². The smallest absolute Gasteiger partial charge is 0.324 e. The molecule has 1 heterocycles. The first kappa shape index (κ1) is 17.5. The number of rotatable bonds is 2. The number of carbonyl (C=O) groups excluding carboxylic acids is 1. The van der Waals surface area contributed by atoms with Crippen molar-refractivity contribution in [3.63, 3.8) is 0 Å². The Labute approximate surface area is 143 Å². The van der Waals surface area contributed by atoms with Crippen LogP contribution < -0.4 is 0 Å². The lowest BCUT2D eigenvalue weighted by atomic mass is 9.90. The van der Waals surface area contributed by atoms with Gasteiger partial charge in [0, 0.05) is 5.92 Å². The highest BCUT2D eigenvalue weighted by molar-refractivity contribution is 5.78.